The summed E-state index contributed by atoms with van der Waals surface area (Å²) >= 11 is 0. The van der Waals surface area contributed by atoms with E-state index < -0.39 is 0 Å². The summed E-state index contributed by atoms with van der Waals surface area (Å²) in [6.07, 6.45) is -0.401. The van der Waals surface area contributed by atoms with Crippen molar-refractivity contribution >= 4 is 49.6 Å². The lowest BCUT2D eigenvalue weighted by Gasteiger charge is -2.32. The van der Waals surface area contributed by atoms with Crippen LogP contribution in [0.1, 0.15) is 29.0 Å². The van der Waals surface area contributed by atoms with Crippen LogP contribution in [0.2, 0.25) is 0 Å². The van der Waals surface area contributed by atoms with Gasteiger partial charge in [-0.2, -0.15) is 0 Å². The molecule has 2 N–H and O–H groups in total. The molecule has 0 saturated carbocycles. The molecule has 11 rings (SSSR count). The number of furan rings is 1. The standard InChI is InChI=1S/C51H36N4O/c1-3-11-33(12-4-1)34-19-21-35(22-20-34)36-23-25-38(26-24-36)50-52-49(37-13-5-2-6-14-37)53-51(54-50)39-27-29-42-41-15-7-9-17-45(41)55(46(42)31-39)40-28-30-48-44(32-40)43-16-8-10-18-47(43)56-48/h1-32,49-50,52H,(H,53,54). The number of nitrogens with one attached hydrogen (secondary N) is 2. The Kier molecular flexibility index (Phi) is 7.64. The number of hydrogen-bond acceptors (Lipinski definition) is 4. The minimum Gasteiger partial charge on any atom is -0.456 e. The lowest BCUT2D eigenvalue weighted by Crippen LogP contribution is -2.44. The van der Waals surface area contributed by atoms with Gasteiger partial charge in [0.2, 0.25) is 0 Å². The molecule has 1 aliphatic heterocycles. The van der Waals surface area contributed by atoms with E-state index in [0.717, 1.165) is 61.2 Å². The number of rotatable bonds is 6. The molecule has 266 valence electrons. The van der Waals surface area contributed by atoms with Crippen LogP contribution >= 0.6 is 0 Å². The molecule has 0 saturated heterocycles. The van der Waals surface area contributed by atoms with Crippen LogP contribution < -0.4 is 10.6 Å². The van der Waals surface area contributed by atoms with Gasteiger partial charge in [0.05, 0.1) is 11.0 Å². The van der Waals surface area contributed by atoms with E-state index in [9.17, 15) is 0 Å². The minimum absolute atomic E-state index is 0.166. The topological polar surface area (TPSA) is 54.5 Å². The molecule has 2 atom stereocenters. The van der Waals surface area contributed by atoms with Gasteiger partial charge in [0.25, 0.3) is 0 Å². The average Bonchev–Trinajstić information content (AvgIpc) is 3.82. The molecule has 5 heteroatoms. The van der Waals surface area contributed by atoms with Gasteiger partial charge in [-0.3, -0.25) is 5.32 Å². The highest BCUT2D eigenvalue weighted by Crippen LogP contribution is 2.37. The zero-order chi connectivity index (χ0) is 37.0. The Hall–Kier alpha value is -7.21. The fourth-order valence-corrected chi connectivity index (χ4v) is 8.29. The largest absolute Gasteiger partial charge is 0.456 e. The van der Waals surface area contributed by atoms with Gasteiger partial charge < -0.3 is 14.3 Å². The van der Waals surface area contributed by atoms with Crippen molar-refractivity contribution in [2.45, 2.75) is 12.3 Å². The minimum atomic E-state index is -0.235. The fraction of sp³-hybridized carbons (Fsp3) is 0.0392. The zero-order valence-corrected chi connectivity index (χ0v) is 30.4. The molecule has 0 aliphatic carbocycles. The Morgan fingerprint density at radius 2 is 1.02 bits per heavy atom. The van der Waals surface area contributed by atoms with E-state index in [4.69, 9.17) is 9.41 Å². The summed E-state index contributed by atoms with van der Waals surface area (Å²) < 4.78 is 8.57. The fourth-order valence-electron chi connectivity index (χ4n) is 8.29. The summed E-state index contributed by atoms with van der Waals surface area (Å²) in [6, 6.07) is 68.8. The highest BCUT2D eigenvalue weighted by molar-refractivity contribution is 6.13. The van der Waals surface area contributed by atoms with E-state index in [2.05, 4.69) is 191 Å². The Bertz CT molecular complexity index is 3070. The molecule has 0 spiro atoms. The summed E-state index contributed by atoms with van der Waals surface area (Å²) in [5, 5.41) is 12.2. The maximum absolute atomic E-state index is 6.20. The first kappa shape index (κ1) is 32.2. The second-order valence-corrected chi connectivity index (χ2v) is 14.5. The highest BCUT2D eigenvalue weighted by Gasteiger charge is 2.26. The number of amidine groups is 1. The summed E-state index contributed by atoms with van der Waals surface area (Å²) in [4.78, 5) is 5.30. The number of para-hydroxylation sites is 2. The average molecular weight is 721 g/mol. The maximum atomic E-state index is 6.20. The van der Waals surface area contributed by atoms with Crippen molar-refractivity contribution in [3.05, 3.63) is 211 Å². The molecule has 0 amide bonds. The summed E-state index contributed by atoms with van der Waals surface area (Å²) in [5.41, 5.74) is 13.2. The van der Waals surface area contributed by atoms with Gasteiger partial charge in [0, 0.05) is 32.8 Å². The smallest absolute Gasteiger partial charge is 0.135 e. The first-order chi connectivity index (χ1) is 27.7. The number of aliphatic imine (C=N–C) groups is 1. The molecule has 5 nitrogen and oxygen atoms in total. The number of hydrogen-bond donors (Lipinski definition) is 2. The van der Waals surface area contributed by atoms with Gasteiger partial charge in [-0.1, -0.05) is 158 Å². The summed E-state index contributed by atoms with van der Waals surface area (Å²) in [7, 11) is 0. The maximum Gasteiger partial charge on any atom is 0.135 e. The Labute approximate surface area is 324 Å². The predicted molar refractivity (Wildman–Crippen MR) is 230 cm³/mol. The number of benzene rings is 8. The van der Waals surface area contributed by atoms with Gasteiger partial charge in [-0.15, -0.1) is 0 Å². The van der Waals surface area contributed by atoms with Gasteiger partial charge >= 0.3 is 0 Å². The van der Waals surface area contributed by atoms with Crippen molar-refractivity contribution in [3.63, 3.8) is 0 Å². The number of fused-ring (bicyclic) bond motifs is 6. The lowest BCUT2D eigenvalue weighted by atomic mass is 9.99. The van der Waals surface area contributed by atoms with Crippen molar-refractivity contribution in [1.82, 2.24) is 15.2 Å². The van der Waals surface area contributed by atoms with Gasteiger partial charge in [0.15, 0.2) is 0 Å². The summed E-state index contributed by atoms with van der Waals surface area (Å²) in [5.74, 6) is 0.846. The van der Waals surface area contributed by atoms with Crippen LogP contribution in [0.15, 0.2) is 204 Å². The van der Waals surface area contributed by atoms with Gasteiger partial charge in [-0.05, 0) is 69.8 Å². The monoisotopic (exact) mass is 720 g/mol. The van der Waals surface area contributed by atoms with Crippen LogP contribution in [0.3, 0.4) is 0 Å². The van der Waals surface area contributed by atoms with E-state index in [1.54, 1.807) is 0 Å². The first-order valence-electron chi connectivity index (χ1n) is 19.1. The Morgan fingerprint density at radius 3 is 1.79 bits per heavy atom. The second kappa shape index (κ2) is 13.3. The normalized spacial score (nSPS) is 15.7. The predicted octanol–water partition coefficient (Wildman–Crippen LogP) is 12.4. The third-order valence-electron chi connectivity index (χ3n) is 11.1. The molecular formula is C51H36N4O. The van der Waals surface area contributed by atoms with E-state index in [0.29, 0.717) is 0 Å². The molecule has 3 heterocycles. The SMILES string of the molecule is c1ccc(-c2ccc(-c3ccc(C4NC(c5ccc6c7ccccc7n(-c7ccc8oc9ccccc9c8c7)c6c5)=NC(c5ccccc5)N4)cc3)cc2)cc1. The molecule has 1 aliphatic rings. The van der Waals surface area contributed by atoms with Crippen LogP contribution in [0.25, 0.3) is 71.7 Å². The van der Waals surface area contributed by atoms with Crippen molar-refractivity contribution in [3.8, 4) is 27.9 Å². The van der Waals surface area contributed by atoms with Gasteiger partial charge in [-0.25, -0.2) is 4.99 Å². The zero-order valence-electron chi connectivity index (χ0n) is 30.4. The molecule has 2 aromatic heterocycles. The quantitative estimate of drug-likeness (QED) is 0.180. The van der Waals surface area contributed by atoms with E-state index in [1.807, 2.05) is 18.2 Å². The molecule has 56 heavy (non-hydrogen) atoms. The summed E-state index contributed by atoms with van der Waals surface area (Å²) in [6.45, 7) is 0. The third-order valence-corrected chi connectivity index (χ3v) is 11.1. The molecule has 0 bridgehead atoms. The van der Waals surface area contributed by atoms with E-state index in [-0.39, 0.29) is 12.3 Å². The van der Waals surface area contributed by atoms with E-state index >= 15 is 0 Å². The van der Waals surface area contributed by atoms with Crippen LogP contribution in [0.5, 0.6) is 0 Å². The van der Waals surface area contributed by atoms with Crippen LogP contribution in [-0.2, 0) is 0 Å². The van der Waals surface area contributed by atoms with Crippen molar-refractivity contribution in [1.29, 1.82) is 0 Å². The van der Waals surface area contributed by atoms with Gasteiger partial charge in [0.1, 0.15) is 29.3 Å². The van der Waals surface area contributed by atoms with Crippen LogP contribution in [-0.4, -0.2) is 10.4 Å². The number of aromatic nitrogens is 1. The van der Waals surface area contributed by atoms with Crippen molar-refractivity contribution in [2.24, 2.45) is 4.99 Å². The molecular weight excluding hydrogens is 685 g/mol. The Balaban J connectivity index is 0.977. The number of nitrogens with zero attached hydrogens (tertiary/aromatic N) is 2. The molecule has 10 aromatic rings. The van der Waals surface area contributed by atoms with E-state index in [1.165, 1.54) is 33.0 Å². The second-order valence-electron chi connectivity index (χ2n) is 14.5. The first-order valence-corrected chi connectivity index (χ1v) is 19.1. The van der Waals surface area contributed by atoms with Crippen molar-refractivity contribution < 1.29 is 4.42 Å². The highest BCUT2D eigenvalue weighted by atomic mass is 16.3. The molecule has 0 fully saturated rings. The van der Waals surface area contributed by atoms with Crippen LogP contribution in [0, 0.1) is 0 Å². The van der Waals surface area contributed by atoms with Crippen LogP contribution in [0.4, 0.5) is 0 Å². The third kappa shape index (κ3) is 5.56. The lowest BCUT2D eigenvalue weighted by molar-refractivity contribution is 0.409. The molecule has 0 radical (unpaired) electrons. The molecule has 8 aromatic carbocycles. The van der Waals surface area contributed by atoms with Crippen molar-refractivity contribution in [2.75, 3.05) is 0 Å². The Morgan fingerprint density at radius 1 is 0.429 bits per heavy atom. The molecule has 2 unspecified atom stereocenters.